The maximum Gasteiger partial charge on any atom is 0.219 e. The summed E-state index contributed by atoms with van der Waals surface area (Å²) in [6.45, 7) is 6.91. The van der Waals surface area contributed by atoms with E-state index in [1.807, 2.05) is 0 Å². The van der Waals surface area contributed by atoms with E-state index in [4.69, 9.17) is 0 Å². The lowest BCUT2D eigenvalue weighted by atomic mass is 9.89. The Morgan fingerprint density at radius 3 is 1.94 bits per heavy atom. The van der Waals surface area contributed by atoms with Crippen LogP contribution in [0.3, 0.4) is 0 Å². The molecular formula is C14H29NO. The van der Waals surface area contributed by atoms with Crippen molar-refractivity contribution in [2.45, 2.75) is 72.1 Å². The lowest BCUT2D eigenvalue weighted by Gasteiger charge is -2.17. The Morgan fingerprint density at radius 1 is 0.938 bits per heavy atom. The molecule has 0 aliphatic carbocycles. The number of nitrogens with one attached hydrogen (secondary N) is 1. The van der Waals surface area contributed by atoms with Crippen molar-refractivity contribution >= 4 is 5.91 Å². The predicted octanol–water partition coefficient (Wildman–Crippen LogP) is 3.90. The van der Waals surface area contributed by atoms with Crippen LogP contribution in [0.1, 0.15) is 72.1 Å². The zero-order valence-corrected chi connectivity index (χ0v) is 11.6. The van der Waals surface area contributed by atoms with Crippen LogP contribution >= 0.6 is 0 Å². The first kappa shape index (κ1) is 15.5. The third-order valence-corrected chi connectivity index (χ3v) is 2.86. The first-order valence-electron chi connectivity index (χ1n) is 6.66. The van der Waals surface area contributed by atoms with Crippen LogP contribution in [0.2, 0.25) is 0 Å². The highest BCUT2D eigenvalue weighted by Gasteiger charge is 2.08. The van der Waals surface area contributed by atoms with Gasteiger partial charge >= 0.3 is 0 Å². The lowest BCUT2D eigenvalue weighted by Crippen LogP contribution is -2.16. The minimum atomic E-state index is 0.174. The molecule has 0 radical (unpaired) electrons. The van der Waals surface area contributed by atoms with E-state index in [2.05, 4.69) is 26.1 Å². The first-order valence-corrected chi connectivity index (χ1v) is 6.66. The normalized spacial score (nSPS) is 11.5. The summed E-state index contributed by atoms with van der Waals surface area (Å²) in [6.07, 6.45) is 9.55. The van der Waals surface area contributed by atoms with Crippen LogP contribution in [-0.4, -0.2) is 13.0 Å². The molecule has 0 rings (SSSR count). The molecule has 0 aromatic heterocycles. The van der Waals surface area contributed by atoms with Gasteiger partial charge in [-0.2, -0.15) is 0 Å². The maximum absolute atomic E-state index is 10.9. The molecule has 0 fully saturated rings. The van der Waals surface area contributed by atoms with Gasteiger partial charge in [-0.3, -0.25) is 4.79 Å². The minimum Gasteiger partial charge on any atom is -0.359 e. The molecule has 0 heterocycles. The van der Waals surface area contributed by atoms with Gasteiger partial charge < -0.3 is 5.32 Å². The zero-order valence-electron chi connectivity index (χ0n) is 11.6. The highest BCUT2D eigenvalue weighted by atomic mass is 16.1. The van der Waals surface area contributed by atoms with Crippen molar-refractivity contribution in [1.82, 2.24) is 5.32 Å². The molecule has 0 spiro atoms. The third kappa shape index (κ3) is 11.5. The van der Waals surface area contributed by atoms with Crippen molar-refractivity contribution in [2.75, 3.05) is 7.05 Å². The summed E-state index contributed by atoms with van der Waals surface area (Å²) in [6, 6.07) is 0. The van der Waals surface area contributed by atoms with Gasteiger partial charge in [-0.25, -0.2) is 0 Å². The largest absolute Gasteiger partial charge is 0.359 e. The monoisotopic (exact) mass is 227 g/mol. The second kappa shape index (κ2) is 8.60. The van der Waals surface area contributed by atoms with Crippen molar-refractivity contribution in [2.24, 2.45) is 5.41 Å². The van der Waals surface area contributed by atoms with E-state index in [0.29, 0.717) is 11.8 Å². The van der Waals surface area contributed by atoms with E-state index in [9.17, 15) is 4.79 Å². The van der Waals surface area contributed by atoms with Crippen molar-refractivity contribution < 1.29 is 4.79 Å². The molecule has 2 heteroatoms. The number of rotatable bonds is 8. The average Bonchev–Trinajstić information content (AvgIpc) is 2.20. The molecule has 0 aliphatic rings. The number of carbonyl (C=O) groups is 1. The topological polar surface area (TPSA) is 29.1 Å². The molecule has 0 saturated carbocycles. The molecule has 0 aromatic carbocycles. The van der Waals surface area contributed by atoms with Gasteiger partial charge in [0.2, 0.25) is 5.91 Å². The molecule has 0 unspecified atom stereocenters. The van der Waals surface area contributed by atoms with Gasteiger partial charge in [0.1, 0.15) is 0 Å². The molecule has 1 amide bonds. The maximum atomic E-state index is 10.9. The quantitative estimate of drug-likeness (QED) is 0.626. The van der Waals surface area contributed by atoms with E-state index < -0.39 is 0 Å². The second-order valence-corrected chi connectivity index (χ2v) is 5.86. The van der Waals surface area contributed by atoms with Gasteiger partial charge in [0, 0.05) is 13.5 Å². The molecule has 0 saturated heterocycles. The summed E-state index contributed by atoms with van der Waals surface area (Å²) in [5, 5.41) is 2.65. The van der Waals surface area contributed by atoms with E-state index in [1.165, 1.54) is 38.5 Å². The molecule has 16 heavy (non-hydrogen) atoms. The number of hydrogen-bond donors (Lipinski definition) is 1. The summed E-state index contributed by atoms with van der Waals surface area (Å²) < 4.78 is 0. The van der Waals surface area contributed by atoms with Gasteiger partial charge in [-0.15, -0.1) is 0 Å². The van der Waals surface area contributed by atoms with Crippen molar-refractivity contribution in [1.29, 1.82) is 0 Å². The van der Waals surface area contributed by atoms with Gasteiger partial charge in [0.25, 0.3) is 0 Å². The second-order valence-electron chi connectivity index (χ2n) is 5.86. The number of amides is 1. The van der Waals surface area contributed by atoms with E-state index in [0.717, 1.165) is 6.42 Å². The van der Waals surface area contributed by atoms with Gasteiger partial charge in [0.05, 0.1) is 0 Å². The van der Waals surface area contributed by atoms with Crippen LogP contribution in [-0.2, 0) is 4.79 Å². The summed E-state index contributed by atoms with van der Waals surface area (Å²) >= 11 is 0. The van der Waals surface area contributed by atoms with E-state index >= 15 is 0 Å². The Balaban J connectivity index is 3.13. The van der Waals surface area contributed by atoms with Crippen molar-refractivity contribution in [3.05, 3.63) is 0 Å². The molecule has 96 valence electrons. The Labute approximate surface area is 101 Å². The molecule has 0 bridgehead atoms. The minimum absolute atomic E-state index is 0.174. The molecular weight excluding hydrogens is 198 g/mol. The molecule has 0 atom stereocenters. The summed E-state index contributed by atoms with van der Waals surface area (Å²) in [7, 11) is 1.70. The van der Waals surface area contributed by atoms with Gasteiger partial charge in [-0.1, -0.05) is 52.9 Å². The Morgan fingerprint density at radius 2 is 1.44 bits per heavy atom. The summed E-state index contributed by atoms with van der Waals surface area (Å²) in [5.41, 5.74) is 0.485. The fourth-order valence-corrected chi connectivity index (χ4v) is 1.77. The van der Waals surface area contributed by atoms with Crippen LogP contribution in [0.25, 0.3) is 0 Å². The first-order chi connectivity index (χ1) is 7.45. The summed E-state index contributed by atoms with van der Waals surface area (Å²) in [4.78, 5) is 10.9. The zero-order chi connectivity index (χ0) is 12.4. The third-order valence-electron chi connectivity index (χ3n) is 2.86. The Hall–Kier alpha value is -0.530. The fourth-order valence-electron chi connectivity index (χ4n) is 1.77. The highest BCUT2D eigenvalue weighted by molar-refractivity contribution is 5.75. The Bertz CT molecular complexity index is 182. The van der Waals surface area contributed by atoms with Gasteiger partial charge in [-0.05, 0) is 18.3 Å². The van der Waals surface area contributed by atoms with E-state index in [-0.39, 0.29) is 5.91 Å². The summed E-state index contributed by atoms with van der Waals surface area (Å²) in [5.74, 6) is 0.174. The van der Waals surface area contributed by atoms with Crippen LogP contribution in [0.4, 0.5) is 0 Å². The fraction of sp³-hybridized carbons (Fsp3) is 0.929. The highest BCUT2D eigenvalue weighted by Crippen LogP contribution is 2.22. The van der Waals surface area contributed by atoms with Crippen LogP contribution in [0.5, 0.6) is 0 Å². The Kier molecular flexibility index (Phi) is 8.32. The van der Waals surface area contributed by atoms with Crippen LogP contribution in [0, 0.1) is 5.41 Å². The van der Waals surface area contributed by atoms with Crippen LogP contribution < -0.4 is 5.32 Å². The van der Waals surface area contributed by atoms with Crippen molar-refractivity contribution in [3.8, 4) is 0 Å². The average molecular weight is 227 g/mol. The SMILES string of the molecule is CNC(=O)CCCCCCCCC(C)(C)C. The van der Waals surface area contributed by atoms with Crippen LogP contribution in [0.15, 0.2) is 0 Å². The van der Waals surface area contributed by atoms with Gasteiger partial charge in [0.15, 0.2) is 0 Å². The number of hydrogen-bond acceptors (Lipinski definition) is 1. The predicted molar refractivity (Wildman–Crippen MR) is 70.5 cm³/mol. The number of carbonyl (C=O) groups excluding carboxylic acids is 1. The van der Waals surface area contributed by atoms with E-state index in [1.54, 1.807) is 7.05 Å². The smallest absolute Gasteiger partial charge is 0.219 e. The molecule has 1 N–H and O–H groups in total. The molecule has 0 aromatic rings. The molecule has 0 aliphatic heterocycles. The number of unbranched alkanes of at least 4 members (excludes halogenated alkanes) is 5. The standard InChI is InChI=1S/C14H29NO/c1-14(2,3)12-10-8-6-5-7-9-11-13(16)15-4/h5-12H2,1-4H3,(H,15,16). The van der Waals surface area contributed by atoms with Crippen molar-refractivity contribution in [3.63, 3.8) is 0 Å². The molecule has 2 nitrogen and oxygen atoms in total. The lowest BCUT2D eigenvalue weighted by molar-refractivity contribution is -0.120.